The predicted octanol–water partition coefficient (Wildman–Crippen LogP) is 3.09. The summed E-state index contributed by atoms with van der Waals surface area (Å²) in [6.07, 6.45) is 3.97. The normalized spacial score (nSPS) is 10.2. The Labute approximate surface area is 108 Å². The molecule has 0 radical (unpaired) electrons. The van der Waals surface area contributed by atoms with E-state index in [1.807, 2.05) is 41.2 Å². The highest BCUT2D eigenvalue weighted by Crippen LogP contribution is 2.20. The van der Waals surface area contributed by atoms with Crippen molar-refractivity contribution in [2.75, 3.05) is 7.11 Å². The highest BCUT2D eigenvalue weighted by Gasteiger charge is 2.08. The molecule has 2 rings (SSSR count). The molecule has 1 aromatic carbocycles. The molecule has 0 bridgehead atoms. The molecule has 4 heteroatoms. The lowest BCUT2D eigenvalue weighted by Gasteiger charge is -2.08. The van der Waals surface area contributed by atoms with Crippen LogP contribution in [0.1, 0.15) is 15.9 Å². The van der Waals surface area contributed by atoms with Crippen LogP contribution in [0.3, 0.4) is 0 Å². The Hall–Kier alpha value is -1.55. The lowest BCUT2D eigenvalue weighted by Crippen LogP contribution is -2.04. The van der Waals surface area contributed by atoms with Crippen LogP contribution in [0.5, 0.6) is 0 Å². The fraction of sp³-hybridized carbons (Fsp3) is 0.154. The molecular weight excluding hydrogens is 282 g/mol. The molecule has 3 nitrogen and oxygen atoms in total. The second kappa shape index (κ2) is 5.19. The Morgan fingerprint density at radius 1 is 1.35 bits per heavy atom. The Balaban J connectivity index is 2.29. The van der Waals surface area contributed by atoms with Gasteiger partial charge in [0.25, 0.3) is 0 Å². The maximum atomic E-state index is 11.4. The van der Waals surface area contributed by atoms with Crippen LogP contribution >= 0.6 is 15.9 Å². The van der Waals surface area contributed by atoms with Crippen LogP contribution in [0, 0.1) is 0 Å². The lowest BCUT2D eigenvalue weighted by atomic mass is 10.1. The number of esters is 1. The zero-order valence-electron chi connectivity index (χ0n) is 9.39. The first-order valence-electron chi connectivity index (χ1n) is 5.18. The van der Waals surface area contributed by atoms with Crippen LogP contribution in [0.2, 0.25) is 0 Å². The molecule has 0 aliphatic rings. The molecule has 0 saturated carbocycles. The SMILES string of the molecule is COC(=O)c1ccc(Br)c(Cn2cccc2)c1. The van der Waals surface area contributed by atoms with Crippen molar-refractivity contribution < 1.29 is 9.53 Å². The topological polar surface area (TPSA) is 31.2 Å². The summed E-state index contributed by atoms with van der Waals surface area (Å²) in [4.78, 5) is 11.4. The smallest absolute Gasteiger partial charge is 0.337 e. The van der Waals surface area contributed by atoms with Gasteiger partial charge in [0.1, 0.15) is 0 Å². The quantitative estimate of drug-likeness (QED) is 0.815. The van der Waals surface area contributed by atoms with Crippen molar-refractivity contribution in [2.45, 2.75) is 6.54 Å². The summed E-state index contributed by atoms with van der Waals surface area (Å²) in [6, 6.07) is 9.40. The lowest BCUT2D eigenvalue weighted by molar-refractivity contribution is 0.0600. The van der Waals surface area contributed by atoms with Gasteiger partial charge in [-0.1, -0.05) is 15.9 Å². The van der Waals surface area contributed by atoms with Crippen LogP contribution in [0.25, 0.3) is 0 Å². The number of ether oxygens (including phenoxy) is 1. The molecule has 0 spiro atoms. The number of benzene rings is 1. The van der Waals surface area contributed by atoms with Gasteiger partial charge in [-0.25, -0.2) is 4.79 Å². The largest absolute Gasteiger partial charge is 0.465 e. The summed E-state index contributed by atoms with van der Waals surface area (Å²) in [7, 11) is 1.38. The summed E-state index contributed by atoms with van der Waals surface area (Å²) in [5.41, 5.74) is 1.61. The van der Waals surface area contributed by atoms with Crippen molar-refractivity contribution >= 4 is 21.9 Å². The molecule has 0 aliphatic carbocycles. The van der Waals surface area contributed by atoms with Crippen molar-refractivity contribution in [1.29, 1.82) is 0 Å². The highest BCUT2D eigenvalue weighted by molar-refractivity contribution is 9.10. The Morgan fingerprint density at radius 2 is 2.06 bits per heavy atom. The Bertz CT molecular complexity index is 520. The van der Waals surface area contributed by atoms with Crippen LogP contribution in [0.4, 0.5) is 0 Å². The van der Waals surface area contributed by atoms with Crippen molar-refractivity contribution in [3.05, 3.63) is 58.3 Å². The minimum Gasteiger partial charge on any atom is -0.465 e. The number of rotatable bonds is 3. The molecule has 1 aromatic heterocycles. The van der Waals surface area contributed by atoms with Crippen molar-refractivity contribution in [3.8, 4) is 0 Å². The van der Waals surface area contributed by atoms with E-state index in [4.69, 9.17) is 4.74 Å². The third-order valence-electron chi connectivity index (χ3n) is 2.49. The van der Waals surface area contributed by atoms with Gasteiger partial charge in [0.05, 0.1) is 12.7 Å². The third kappa shape index (κ3) is 2.77. The summed E-state index contributed by atoms with van der Waals surface area (Å²) in [6.45, 7) is 0.721. The molecule has 0 atom stereocenters. The molecule has 0 saturated heterocycles. The van der Waals surface area contributed by atoms with Gasteiger partial charge in [-0.2, -0.15) is 0 Å². The highest BCUT2D eigenvalue weighted by atomic mass is 79.9. The van der Waals surface area contributed by atoms with Crippen molar-refractivity contribution in [1.82, 2.24) is 4.57 Å². The number of hydrogen-bond acceptors (Lipinski definition) is 2. The van der Waals surface area contributed by atoms with Crippen molar-refractivity contribution in [2.24, 2.45) is 0 Å². The molecule has 0 unspecified atom stereocenters. The molecule has 17 heavy (non-hydrogen) atoms. The maximum absolute atomic E-state index is 11.4. The van der Waals surface area contributed by atoms with Gasteiger partial charge in [-0.3, -0.25) is 0 Å². The average Bonchev–Trinajstić information content (AvgIpc) is 2.84. The summed E-state index contributed by atoms with van der Waals surface area (Å²) < 4.78 is 7.73. The van der Waals surface area contributed by atoms with E-state index >= 15 is 0 Å². The second-order valence-electron chi connectivity index (χ2n) is 3.65. The van der Waals surface area contributed by atoms with E-state index in [0.29, 0.717) is 5.56 Å². The van der Waals surface area contributed by atoms with Crippen LogP contribution < -0.4 is 0 Å². The van der Waals surface area contributed by atoms with E-state index in [1.165, 1.54) is 7.11 Å². The molecule has 0 aliphatic heterocycles. The number of carbonyl (C=O) groups excluding carboxylic acids is 1. The van der Waals surface area contributed by atoms with E-state index in [1.54, 1.807) is 6.07 Å². The molecule has 0 fully saturated rings. The summed E-state index contributed by atoms with van der Waals surface area (Å²) in [5, 5.41) is 0. The number of aromatic nitrogens is 1. The van der Waals surface area contributed by atoms with E-state index in [-0.39, 0.29) is 5.97 Å². The van der Waals surface area contributed by atoms with E-state index in [0.717, 1.165) is 16.6 Å². The van der Waals surface area contributed by atoms with E-state index in [9.17, 15) is 4.79 Å². The zero-order chi connectivity index (χ0) is 12.3. The number of methoxy groups -OCH3 is 1. The van der Waals surface area contributed by atoms with Crippen LogP contribution in [-0.2, 0) is 11.3 Å². The van der Waals surface area contributed by atoms with E-state index in [2.05, 4.69) is 15.9 Å². The molecule has 88 valence electrons. The van der Waals surface area contributed by atoms with Gasteiger partial charge in [0.15, 0.2) is 0 Å². The predicted molar refractivity (Wildman–Crippen MR) is 69.0 cm³/mol. The first-order valence-corrected chi connectivity index (χ1v) is 5.97. The Morgan fingerprint density at radius 3 is 2.71 bits per heavy atom. The maximum Gasteiger partial charge on any atom is 0.337 e. The molecule has 1 heterocycles. The van der Waals surface area contributed by atoms with Gasteiger partial charge in [-0.05, 0) is 35.9 Å². The molecule has 0 N–H and O–H groups in total. The molecule has 0 amide bonds. The second-order valence-corrected chi connectivity index (χ2v) is 4.51. The molecule has 2 aromatic rings. The average molecular weight is 294 g/mol. The van der Waals surface area contributed by atoms with Crippen LogP contribution in [-0.4, -0.2) is 17.6 Å². The number of hydrogen-bond donors (Lipinski definition) is 0. The Kier molecular flexibility index (Phi) is 3.64. The minimum atomic E-state index is -0.314. The van der Waals surface area contributed by atoms with Crippen molar-refractivity contribution in [3.63, 3.8) is 0 Å². The van der Waals surface area contributed by atoms with Gasteiger partial charge in [0.2, 0.25) is 0 Å². The van der Waals surface area contributed by atoms with Gasteiger partial charge in [0, 0.05) is 23.4 Å². The van der Waals surface area contributed by atoms with Crippen LogP contribution in [0.15, 0.2) is 47.2 Å². The summed E-state index contributed by atoms with van der Waals surface area (Å²) >= 11 is 3.48. The first-order chi connectivity index (χ1) is 8.20. The van der Waals surface area contributed by atoms with Gasteiger partial charge >= 0.3 is 5.97 Å². The number of nitrogens with zero attached hydrogens (tertiary/aromatic N) is 1. The zero-order valence-corrected chi connectivity index (χ0v) is 11.0. The van der Waals surface area contributed by atoms with E-state index < -0.39 is 0 Å². The fourth-order valence-electron chi connectivity index (χ4n) is 1.61. The fourth-order valence-corrected chi connectivity index (χ4v) is 1.99. The third-order valence-corrected chi connectivity index (χ3v) is 3.26. The minimum absolute atomic E-state index is 0.314. The summed E-state index contributed by atoms with van der Waals surface area (Å²) in [5.74, 6) is -0.314. The number of halogens is 1. The van der Waals surface area contributed by atoms with Gasteiger partial charge in [-0.15, -0.1) is 0 Å². The standard InChI is InChI=1S/C13H12BrNO2/c1-17-13(16)10-4-5-12(14)11(8-10)9-15-6-2-3-7-15/h2-8H,9H2,1H3. The first kappa shape index (κ1) is 11.9. The monoisotopic (exact) mass is 293 g/mol. The van der Waals surface area contributed by atoms with Gasteiger partial charge < -0.3 is 9.30 Å². The molecular formula is C13H12BrNO2. The number of carbonyl (C=O) groups is 1.